The number of nitrogens with zero attached hydrogens (tertiary/aromatic N) is 1. The fraction of sp³-hybridized carbons (Fsp3) is 0.100. The molecule has 0 saturated carbocycles. The first kappa shape index (κ1) is 17.7. The number of nitriles is 1. The molecule has 3 aromatic rings. The number of rotatable bonds is 1. The van der Waals surface area contributed by atoms with Gasteiger partial charge in [-0.05, 0) is 23.8 Å². The van der Waals surface area contributed by atoms with Gasteiger partial charge in [0, 0.05) is 0 Å². The zero-order chi connectivity index (χ0) is 20.1. The highest BCUT2D eigenvalue weighted by atomic mass is 19.4. The molecule has 2 heterocycles. The molecule has 0 amide bonds. The van der Waals surface area contributed by atoms with Gasteiger partial charge in [-0.2, -0.15) is 18.4 Å². The van der Waals surface area contributed by atoms with E-state index in [9.17, 15) is 23.2 Å². The molecule has 8 heteroatoms. The molecule has 1 aliphatic rings. The summed E-state index contributed by atoms with van der Waals surface area (Å²) in [4.78, 5) is 12.7. The van der Waals surface area contributed by atoms with Crippen molar-refractivity contribution >= 4 is 11.0 Å². The number of benzene rings is 2. The summed E-state index contributed by atoms with van der Waals surface area (Å²) < 4.78 is 51.6. The van der Waals surface area contributed by atoms with Gasteiger partial charge in [0.15, 0.2) is 5.75 Å². The van der Waals surface area contributed by atoms with Crippen LogP contribution in [0.4, 0.5) is 13.2 Å². The lowest BCUT2D eigenvalue weighted by Crippen LogP contribution is -2.27. The van der Waals surface area contributed by atoms with Gasteiger partial charge in [0.25, 0.3) is 0 Å². The Morgan fingerprint density at radius 3 is 2.46 bits per heavy atom. The Balaban J connectivity index is 2.12. The maximum atomic E-state index is 13.6. The van der Waals surface area contributed by atoms with Crippen LogP contribution < -0.4 is 16.1 Å². The summed E-state index contributed by atoms with van der Waals surface area (Å²) in [5.41, 5.74) is 3.43. The van der Waals surface area contributed by atoms with Crippen molar-refractivity contribution in [2.75, 3.05) is 0 Å². The molecule has 140 valence electrons. The molecule has 1 aliphatic heterocycles. The van der Waals surface area contributed by atoms with Crippen LogP contribution in [0.3, 0.4) is 0 Å². The number of ether oxygens (including phenoxy) is 1. The number of nitrogens with two attached hydrogens (primary N) is 1. The van der Waals surface area contributed by atoms with Gasteiger partial charge in [0.05, 0.1) is 22.4 Å². The molecule has 2 N–H and O–H groups in total. The van der Waals surface area contributed by atoms with Crippen LogP contribution in [0.25, 0.3) is 11.0 Å². The SMILES string of the molecule is N#CC1=C(N)Oc2c(c(=O)oc3ccccc23)[C@@H]1c1ccccc1C(F)(F)F. The predicted molar refractivity (Wildman–Crippen MR) is 93.2 cm³/mol. The maximum Gasteiger partial charge on any atom is 0.416 e. The van der Waals surface area contributed by atoms with Gasteiger partial charge in [-0.3, -0.25) is 0 Å². The van der Waals surface area contributed by atoms with Gasteiger partial charge in [-0.1, -0.05) is 30.3 Å². The second-order valence-electron chi connectivity index (χ2n) is 6.14. The quantitative estimate of drug-likeness (QED) is 0.640. The molecule has 1 atom stereocenters. The molecule has 0 bridgehead atoms. The molecule has 4 rings (SSSR count). The van der Waals surface area contributed by atoms with Crippen LogP contribution in [-0.2, 0) is 6.18 Å². The van der Waals surface area contributed by atoms with Crippen LogP contribution >= 0.6 is 0 Å². The lowest BCUT2D eigenvalue weighted by molar-refractivity contribution is -0.138. The third-order valence-corrected chi connectivity index (χ3v) is 4.55. The molecular weight excluding hydrogens is 373 g/mol. The average molecular weight is 384 g/mol. The third-order valence-electron chi connectivity index (χ3n) is 4.55. The van der Waals surface area contributed by atoms with Crippen LogP contribution in [0.1, 0.15) is 22.6 Å². The molecule has 5 nitrogen and oxygen atoms in total. The van der Waals surface area contributed by atoms with Crippen LogP contribution in [0, 0.1) is 11.3 Å². The topological polar surface area (TPSA) is 89.3 Å². The summed E-state index contributed by atoms with van der Waals surface area (Å²) >= 11 is 0. The summed E-state index contributed by atoms with van der Waals surface area (Å²) in [5.74, 6) is -1.73. The number of fused-ring (bicyclic) bond motifs is 3. The van der Waals surface area contributed by atoms with E-state index >= 15 is 0 Å². The van der Waals surface area contributed by atoms with Crippen molar-refractivity contribution in [3.05, 3.63) is 87.1 Å². The van der Waals surface area contributed by atoms with Crippen LogP contribution in [0.15, 0.2) is 69.2 Å². The normalized spacial score (nSPS) is 16.4. The molecule has 0 unspecified atom stereocenters. The zero-order valence-electron chi connectivity index (χ0n) is 14.1. The third kappa shape index (κ3) is 2.60. The van der Waals surface area contributed by atoms with Crippen LogP contribution in [0.2, 0.25) is 0 Å². The van der Waals surface area contributed by atoms with E-state index in [-0.39, 0.29) is 33.9 Å². The minimum Gasteiger partial charge on any atom is -0.439 e. The fourth-order valence-corrected chi connectivity index (χ4v) is 3.38. The standard InChI is InChI=1S/C20H11F3N2O3/c21-20(22,23)13-7-3-1-5-10(13)15-12(9-24)18(25)28-17-11-6-2-4-8-14(11)27-19(26)16(15)17/h1-8,15H,25H2/t15-/m1/s1. The van der Waals surface area contributed by atoms with Gasteiger partial charge in [-0.15, -0.1) is 0 Å². The van der Waals surface area contributed by atoms with Crippen molar-refractivity contribution in [1.29, 1.82) is 5.26 Å². The lowest BCUT2D eigenvalue weighted by atomic mass is 9.81. The molecule has 0 saturated heterocycles. The molecule has 0 radical (unpaired) electrons. The monoisotopic (exact) mass is 384 g/mol. The molecular formula is C20H11F3N2O3. The average Bonchev–Trinajstić information content (AvgIpc) is 2.66. The lowest BCUT2D eigenvalue weighted by Gasteiger charge is -2.27. The Hall–Kier alpha value is -3.73. The van der Waals surface area contributed by atoms with E-state index in [1.165, 1.54) is 24.3 Å². The summed E-state index contributed by atoms with van der Waals surface area (Å²) in [6.45, 7) is 0. The van der Waals surface area contributed by atoms with Gasteiger partial charge >= 0.3 is 11.8 Å². The molecule has 0 spiro atoms. The Labute approximate surface area is 156 Å². The van der Waals surface area contributed by atoms with E-state index in [2.05, 4.69) is 0 Å². The number of hydrogen-bond acceptors (Lipinski definition) is 5. The second kappa shape index (κ2) is 6.16. The largest absolute Gasteiger partial charge is 0.439 e. The number of allylic oxidation sites excluding steroid dienone is 1. The van der Waals surface area contributed by atoms with E-state index in [1.807, 2.05) is 0 Å². The van der Waals surface area contributed by atoms with E-state index in [0.29, 0.717) is 5.39 Å². The highest BCUT2D eigenvalue weighted by Gasteiger charge is 2.41. The molecule has 28 heavy (non-hydrogen) atoms. The summed E-state index contributed by atoms with van der Waals surface area (Å²) in [6.07, 6.45) is -4.69. The number of para-hydroxylation sites is 1. The van der Waals surface area contributed by atoms with Crippen molar-refractivity contribution < 1.29 is 22.3 Å². The van der Waals surface area contributed by atoms with Gasteiger partial charge < -0.3 is 14.9 Å². The zero-order valence-corrected chi connectivity index (χ0v) is 14.1. The van der Waals surface area contributed by atoms with Crippen molar-refractivity contribution in [3.8, 4) is 11.8 Å². The van der Waals surface area contributed by atoms with Gasteiger partial charge in [0.2, 0.25) is 5.88 Å². The first-order valence-corrected chi connectivity index (χ1v) is 8.12. The summed E-state index contributed by atoms with van der Waals surface area (Å²) in [6, 6.07) is 12.9. The molecule has 1 aromatic heterocycles. The molecule has 2 aromatic carbocycles. The van der Waals surface area contributed by atoms with Crippen LogP contribution in [0.5, 0.6) is 5.75 Å². The van der Waals surface area contributed by atoms with Crippen molar-refractivity contribution in [1.82, 2.24) is 0 Å². The van der Waals surface area contributed by atoms with Crippen LogP contribution in [-0.4, -0.2) is 0 Å². The van der Waals surface area contributed by atoms with E-state index < -0.39 is 23.3 Å². The predicted octanol–water partition coefficient (Wildman–Crippen LogP) is 4.03. The van der Waals surface area contributed by atoms with Crippen molar-refractivity contribution in [2.45, 2.75) is 12.1 Å². The van der Waals surface area contributed by atoms with Crippen molar-refractivity contribution in [2.24, 2.45) is 5.73 Å². The number of hydrogen-bond donors (Lipinski definition) is 1. The van der Waals surface area contributed by atoms with Crippen molar-refractivity contribution in [3.63, 3.8) is 0 Å². The Kier molecular flexibility index (Phi) is 3.89. The Bertz CT molecular complexity index is 1240. The first-order valence-electron chi connectivity index (χ1n) is 8.12. The van der Waals surface area contributed by atoms with E-state index in [0.717, 1.165) is 6.07 Å². The Morgan fingerprint density at radius 2 is 1.75 bits per heavy atom. The smallest absolute Gasteiger partial charge is 0.416 e. The number of halogens is 3. The highest BCUT2D eigenvalue weighted by Crippen LogP contribution is 2.46. The minimum atomic E-state index is -4.69. The highest BCUT2D eigenvalue weighted by molar-refractivity contribution is 5.86. The van der Waals surface area contributed by atoms with Gasteiger partial charge in [0.1, 0.15) is 17.2 Å². The maximum absolute atomic E-state index is 13.6. The van der Waals surface area contributed by atoms with Gasteiger partial charge in [-0.25, -0.2) is 4.79 Å². The van der Waals surface area contributed by atoms with E-state index in [1.54, 1.807) is 24.3 Å². The summed E-state index contributed by atoms with van der Waals surface area (Å²) in [5, 5.41) is 9.90. The first-order chi connectivity index (χ1) is 13.3. The Morgan fingerprint density at radius 1 is 1.07 bits per heavy atom. The number of alkyl halides is 3. The molecule has 0 aliphatic carbocycles. The minimum absolute atomic E-state index is 0.00896. The molecule has 0 fully saturated rings. The summed E-state index contributed by atoms with van der Waals surface area (Å²) in [7, 11) is 0. The van der Waals surface area contributed by atoms with E-state index in [4.69, 9.17) is 14.9 Å². The fourth-order valence-electron chi connectivity index (χ4n) is 3.38. The second-order valence-corrected chi connectivity index (χ2v) is 6.14.